The van der Waals surface area contributed by atoms with E-state index in [0.29, 0.717) is 5.56 Å². The minimum atomic E-state index is -3.55. The Bertz CT molecular complexity index is 906. The molecular weight excluding hydrogens is 305 g/mol. The summed E-state index contributed by atoms with van der Waals surface area (Å²) in [6.45, 7) is 0.144. The predicted octanol–water partition coefficient (Wildman–Crippen LogP) is 2.09. The molecule has 2 aromatic heterocycles. The van der Waals surface area contributed by atoms with E-state index in [2.05, 4.69) is 9.82 Å². The maximum absolute atomic E-state index is 13.1. The first-order valence-electron chi connectivity index (χ1n) is 6.66. The Labute approximate surface area is 127 Å². The highest BCUT2D eigenvalue weighted by atomic mass is 32.2. The number of rotatable bonds is 5. The van der Waals surface area contributed by atoms with E-state index < -0.39 is 15.8 Å². The van der Waals surface area contributed by atoms with Crippen molar-refractivity contribution in [3.63, 3.8) is 0 Å². The monoisotopic (exact) mass is 319 g/mol. The number of hydrogen-bond donors (Lipinski definition) is 1. The first-order chi connectivity index (χ1) is 10.5. The van der Waals surface area contributed by atoms with Gasteiger partial charge in [-0.1, -0.05) is 18.2 Å². The average Bonchev–Trinajstić information content (AvgIpc) is 2.88. The van der Waals surface area contributed by atoms with Crippen molar-refractivity contribution in [3.8, 4) is 0 Å². The predicted molar refractivity (Wildman–Crippen MR) is 81.1 cm³/mol. The molecule has 0 atom stereocenters. The molecule has 0 aliphatic rings. The van der Waals surface area contributed by atoms with Crippen molar-refractivity contribution in [3.05, 3.63) is 71.8 Å². The van der Waals surface area contributed by atoms with Gasteiger partial charge in [-0.25, -0.2) is 22.0 Å². The van der Waals surface area contributed by atoms with Crippen LogP contribution in [0.5, 0.6) is 0 Å². The number of sulfonamides is 1. The lowest BCUT2D eigenvalue weighted by Crippen LogP contribution is -2.24. The number of halogens is 1. The molecule has 0 radical (unpaired) electrons. The quantitative estimate of drug-likeness (QED) is 0.783. The molecule has 5 nitrogen and oxygen atoms in total. The molecular formula is C15H14FN3O2S. The molecule has 3 rings (SSSR count). The highest BCUT2D eigenvalue weighted by molar-refractivity contribution is 7.88. The van der Waals surface area contributed by atoms with E-state index in [1.165, 1.54) is 18.2 Å². The summed E-state index contributed by atoms with van der Waals surface area (Å²) in [6, 6.07) is 11.1. The summed E-state index contributed by atoms with van der Waals surface area (Å²) in [4.78, 5) is 0. The molecule has 0 amide bonds. The summed E-state index contributed by atoms with van der Waals surface area (Å²) in [5.41, 5.74) is 2.03. The van der Waals surface area contributed by atoms with Crippen molar-refractivity contribution in [1.29, 1.82) is 0 Å². The van der Waals surface area contributed by atoms with Crippen molar-refractivity contribution in [1.82, 2.24) is 14.3 Å². The zero-order valence-electron chi connectivity index (χ0n) is 11.6. The van der Waals surface area contributed by atoms with Crippen LogP contribution in [0.2, 0.25) is 0 Å². The molecule has 0 bridgehead atoms. The zero-order chi connectivity index (χ0) is 15.6. The lowest BCUT2D eigenvalue weighted by atomic mass is 10.2. The molecule has 3 aromatic rings. The van der Waals surface area contributed by atoms with Crippen LogP contribution >= 0.6 is 0 Å². The first-order valence-corrected chi connectivity index (χ1v) is 8.32. The van der Waals surface area contributed by atoms with Gasteiger partial charge in [-0.05, 0) is 29.8 Å². The van der Waals surface area contributed by atoms with Crippen LogP contribution in [0.3, 0.4) is 0 Å². The molecule has 2 heterocycles. The number of nitrogens with zero attached hydrogens (tertiary/aromatic N) is 2. The Morgan fingerprint density at radius 2 is 2.05 bits per heavy atom. The van der Waals surface area contributed by atoms with Crippen LogP contribution in [-0.4, -0.2) is 18.0 Å². The smallest absolute Gasteiger partial charge is 0.216 e. The van der Waals surface area contributed by atoms with Gasteiger partial charge < -0.3 is 0 Å². The number of aromatic nitrogens is 2. The van der Waals surface area contributed by atoms with Gasteiger partial charge in [-0.2, -0.15) is 5.10 Å². The van der Waals surface area contributed by atoms with E-state index in [-0.39, 0.29) is 12.3 Å². The molecule has 0 fully saturated rings. The lowest BCUT2D eigenvalue weighted by Gasteiger charge is -2.06. The average molecular weight is 319 g/mol. The van der Waals surface area contributed by atoms with Crippen LogP contribution in [0.15, 0.2) is 54.9 Å². The molecule has 1 aromatic carbocycles. The van der Waals surface area contributed by atoms with Gasteiger partial charge >= 0.3 is 0 Å². The van der Waals surface area contributed by atoms with E-state index in [9.17, 15) is 12.8 Å². The molecule has 0 aliphatic carbocycles. The highest BCUT2D eigenvalue weighted by Crippen LogP contribution is 2.11. The normalized spacial score (nSPS) is 11.9. The SMILES string of the molecule is O=S(=O)(Cc1cccc(F)c1)NCc1cnn2ccccc12. The third-order valence-electron chi connectivity index (χ3n) is 3.23. The number of hydrogen-bond acceptors (Lipinski definition) is 3. The van der Waals surface area contributed by atoms with Gasteiger partial charge in [-0.3, -0.25) is 0 Å². The number of pyridine rings is 1. The number of benzene rings is 1. The van der Waals surface area contributed by atoms with E-state index >= 15 is 0 Å². The fourth-order valence-electron chi connectivity index (χ4n) is 2.21. The summed E-state index contributed by atoms with van der Waals surface area (Å²) in [7, 11) is -3.55. The van der Waals surface area contributed by atoms with Crippen LogP contribution < -0.4 is 4.72 Å². The fourth-order valence-corrected chi connectivity index (χ4v) is 3.30. The third kappa shape index (κ3) is 3.32. The minimum absolute atomic E-state index is 0.144. The molecule has 0 aliphatic heterocycles. The molecule has 22 heavy (non-hydrogen) atoms. The summed E-state index contributed by atoms with van der Waals surface area (Å²) < 4.78 is 41.5. The van der Waals surface area contributed by atoms with Crippen molar-refractivity contribution < 1.29 is 12.8 Å². The Hall–Kier alpha value is -2.25. The maximum Gasteiger partial charge on any atom is 0.216 e. The second-order valence-electron chi connectivity index (χ2n) is 4.91. The Balaban J connectivity index is 1.72. The van der Waals surface area contributed by atoms with Gasteiger partial charge in [0, 0.05) is 18.3 Å². The van der Waals surface area contributed by atoms with E-state index in [0.717, 1.165) is 11.1 Å². The molecule has 0 saturated heterocycles. The Morgan fingerprint density at radius 3 is 2.86 bits per heavy atom. The molecule has 1 N–H and O–H groups in total. The Morgan fingerprint density at radius 1 is 1.18 bits per heavy atom. The lowest BCUT2D eigenvalue weighted by molar-refractivity contribution is 0.580. The molecule has 114 valence electrons. The topological polar surface area (TPSA) is 63.5 Å². The van der Waals surface area contributed by atoms with Gasteiger partial charge in [0.15, 0.2) is 0 Å². The Kier molecular flexibility index (Phi) is 3.91. The summed E-state index contributed by atoms with van der Waals surface area (Å²) in [5, 5.41) is 4.15. The third-order valence-corrected chi connectivity index (χ3v) is 4.53. The van der Waals surface area contributed by atoms with Crippen molar-refractivity contribution in [2.75, 3.05) is 0 Å². The molecule has 0 saturated carbocycles. The van der Waals surface area contributed by atoms with Crippen LogP contribution in [-0.2, 0) is 22.3 Å². The van der Waals surface area contributed by atoms with Crippen LogP contribution in [0.4, 0.5) is 4.39 Å². The van der Waals surface area contributed by atoms with Crippen LogP contribution in [0.1, 0.15) is 11.1 Å². The first kappa shape index (κ1) is 14.7. The maximum atomic E-state index is 13.1. The van der Waals surface area contributed by atoms with Crippen LogP contribution in [0, 0.1) is 5.82 Å². The molecule has 0 spiro atoms. The summed E-state index contributed by atoms with van der Waals surface area (Å²) >= 11 is 0. The summed E-state index contributed by atoms with van der Waals surface area (Å²) in [6.07, 6.45) is 3.42. The van der Waals surface area contributed by atoms with Crippen molar-refractivity contribution >= 4 is 15.5 Å². The van der Waals surface area contributed by atoms with Gasteiger partial charge in [0.2, 0.25) is 10.0 Å². The van der Waals surface area contributed by atoms with E-state index in [1.807, 2.05) is 18.2 Å². The van der Waals surface area contributed by atoms with Gasteiger partial charge in [0.05, 0.1) is 17.5 Å². The van der Waals surface area contributed by atoms with Gasteiger partial charge in [0.1, 0.15) is 5.82 Å². The standard InChI is InChI=1S/C15H14FN3O2S/c16-14-5-3-4-12(8-14)11-22(20,21)18-10-13-9-17-19-7-2-1-6-15(13)19/h1-9,18H,10-11H2. The molecule has 7 heteroatoms. The van der Waals surface area contributed by atoms with E-state index in [4.69, 9.17) is 0 Å². The van der Waals surface area contributed by atoms with Gasteiger partial charge in [0.25, 0.3) is 0 Å². The second kappa shape index (κ2) is 5.86. The van der Waals surface area contributed by atoms with Crippen LogP contribution in [0.25, 0.3) is 5.52 Å². The second-order valence-corrected chi connectivity index (χ2v) is 6.72. The van der Waals surface area contributed by atoms with E-state index in [1.54, 1.807) is 23.0 Å². The highest BCUT2D eigenvalue weighted by Gasteiger charge is 2.13. The number of fused-ring (bicyclic) bond motifs is 1. The van der Waals surface area contributed by atoms with Gasteiger partial charge in [-0.15, -0.1) is 0 Å². The minimum Gasteiger partial charge on any atom is -0.241 e. The molecule has 0 unspecified atom stereocenters. The van der Waals surface area contributed by atoms with Crippen molar-refractivity contribution in [2.24, 2.45) is 0 Å². The largest absolute Gasteiger partial charge is 0.241 e. The van der Waals surface area contributed by atoms with Crippen molar-refractivity contribution in [2.45, 2.75) is 12.3 Å². The fraction of sp³-hybridized carbons (Fsp3) is 0.133. The summed E-state index contributed by atoms with van der Waals surface area (Å²) in [5.74, 6) is -0.709. The zero-order valence-corrected chi connectivity index (χ0v) is 12.4. The number of nitrogens with one attached hydrogen (secondary N) is 1.